The van der Waals surface area contributed by atoms with E-state index in [2.05, 4.69) is 11.0 Å². The van der Waals surface area contributed by atoms with Gasteiger partial charge in [-0.25, -0.2) is 0 Å². The van der Waals surface area contributed by atoms with Crippen molar-refractivity contribution >= 4 is 23.3 Å². The lowest BCUT2D eigenvalue weighted by Crippen LogP contribution is -2.54. The summed E-state index contributed by atoms with van der Waals surface area (Å²) in [6, 6.07) is -0.553. The number of carbonyl (C=O) groups is 4. The standard InChI is InChI=1S/C31H46N2O4/c34-27-20-23(30(36)28(35)19-22-15-16-22)11-6-3-1-2-4-7-14-26(32-17-8-5-9-18-32)31(37)33-21-24-12-10-13-25(24)29(27)33/h3,6,22-26,29H,1-2,4-5,7-21H2/b6-3-/t23?,24-,25-,26-,29-/m0/s1. The molecule has 204 valence electrons. The first kappa shape index (κ1) is 26.8. The number of carbonyl (C=O) groups excluding carboxylic acids is 4. The molecule has 4 fully saturated rings. The molecule has 3 heterocycles. The number of hydrogen-bond acceptors (Lipinski definition) is 5. The molecule has 0 aromatic heterocycles. The molecule has 37 heavy (non-hydrogen) atoms. The molecule has 1 amide bonds. The van der Waals surface area contributed by atoms with Crippen molar-refractivity contribution in [2.75, 3.05) is 19.6 Å². The average Bonchev–Trinajstić information content (AvgIpc) is 3.47. The third-order valence-corrected chi connectivity index (χ3v) is 9.82. The average molecular weight is 511 g/mol. The molecule has 5 aliphatic rings. The number of ketones is 3. The molecule has 0 spiro atoms. The van der Waals surface area contributed by atoms with E-state index in [-0.39, 0.29) is 41.6 Å². The van der Waals surface area contributed by atoms with Crippen LogP contribution in [0.15, 0.2) is 12.2 Å². The summed E-state index contributed by atoms with van der Waals surface area (Å²) in [6.45, 7) is 2.62. The number of likely N-dealkylation sites (tertiary alicyclic amines) is 1. The van der Waals surface area contributed by atoms with E-state index in [1.165, 1.54) is 6.42 Å². The zero-order valence-corrected chi connectivity index (χ0v) is 22.6. The van der Waals surface area contributed by atoms with Crippen LogP contribution in [-0.4, -0.2) is 64.8 Å². The number of Topliss-reactive ketones (excluding diaryl/α,β-unsaturated/α-hetero) is 3. The lowest BCUT2D eigenvalue weighted by Gasteiger charge is -2.38. The third kappa shape index (κ3) is 6.43. The van der Waals surface area contributed by atoms with Crippen molar-refractivity contribution in [1.82, 2.24) is 9.80 Å². The molecule has 0 aromatic rings. The quantitative estimate of drug-likeness (QED) is 0.389. The van der Waals surface area contributed by atoms with Crippen LogP contribution in [0.2, 0.25) is 0 Å². The number of allylic oxidation sites excluding steroid dienone is 2. The summed E-state index contributed by atoms with van der Waals surface area (Å²) in [4.78, 5) is 58.5. The molecule has 2 saturated heterocycles. The van der Waals surface area contributed by atoms with Crippen LogP contribution >= 0.6 is 0 Å². The fourth-order valence-corrected chi connectivity index (χ4v) is 7.54. The van der Waals surface area contributed by atoms with Gasteiger partial charge in [-0.15, -0.1) is 0 Å². The smallest absolute Gasteiger partial charge is 0.240 e. The molecule has 0 bridgehead atoms. The lowest BCUT2D eigenvalue weighted by atomic mass is 9.84. The Kier molecular flexibility index (Phi) is 8.94. The predicted molar refractivity (Wildman–Crippen MR) is 143 cm³/mol. The minimum Gasteiger partial charge on any atom is -0.331 e. The highest BCUT2D eigenvalue weighted by Crippen LogP contribution is 2.44. The van der Waals surface area contributed by atoms with Gasteiger partial charge in [0.2, 0.25) is 11.7 Å². The largest absolute Gasteiger partial charge is 0.331 e. The second-order valence-corrected chi connectivity index (χ2v) is 12.6. The SMILES string of the molecule is O=C(CC1CC1)C(=O)C1C/C=C\CCCCC[C@H](N2CCCCC2)C(=O)N2C[C@@H]3CCC[C@@H]3[C@H]2C(=O)C1. The van der Waals surface area contributed by atoms with Gasteiger partial charge in [0.25, 0.3) is 0 Å². The van der Waals surface area contributed by atoms with E-state index < -0.39 is 12.0 Å². The van der Waals surface area contributed by atoms with Gasteiger partial charge in [-0.05, 0) is 95.1 Å². The van der Waals surface area contributed by atoms with E-state index in [4.69, 9.17) is 0 Å². The van der Waals surface area contributed by atoms with Gasteiger partial charge in [0.15, 0.2) is 11.6 Å². The summed E-state index contributed by atoms with van der Waals surface area (Å²) in [5, 5.41) is 0. The van der Waals surface area contributed by atoms with Gasteiger partial charge in [0, 0.05) is 25.3 Å². The Bertz CT molecular complexity index is 888. The molecule has 2 aliphatic carbocycles. The van der Waals surface area contributed by atoms with Crippen LogP contribution in [0.5, 0.6) is 0 Å². The van der Waals surface area contributed by atoms with Gasteiger partial charge < -0.3 is 4.90 Å². The van der Waals surface area contributed by atoms with Gasteiger partial charge in [0.05, 0.1) is 12.1 Å². The Morgan fingerprint density at radius 2 is 1.62 bits per heavy atom. The maximum atomic E-state index is 14.2. The minimum atomic E-state index is -0.588. The maximum absolute atomic E-state index is 14.2. The van der Waals surface area contributed by atoms with Crippen molar-refractivity contribution in [3.63, 3.8) is 0 Å². The fraction of sp³-hybridized carbons (Fsp3) is 0.806. The Hall–Kier alpha value is -1.82. The van der Waals surface area contributed by atoms with Gasteiger partial charge in [-0.2, -0.15) is 0 Å². The summed E-state index contributed by atoms with van der Waals surface area (Å²) in [5.41, 5.74) is 0. The van der Waals surface area contributed by atoms with Gasteiger partial charge in [-0.3, -0.25) is 24.1 Å². The summed E-state index contributed by atoms with van der Waals surface area (Å²) in [6.07, 6.45) is 18.7. The van der Waals surface area contributed by atoms with Gasteiger partial charge in [-0.1, -0.05) is 37.8 Å². The number of rotatable bonds is 5. The van der Waals surface area contributed by atoms with Crippen LogP contribution < -0.4 is 0 Å². The molecule has 2 saturated carbocycles. The summed E-state index contributed by atoms with van der Waals surface area (Å²) in [5.74, 6) is -0.119. The highest BCUT2D eigenvalue weighted by atomic mass is 16.2. The highest BCUT2D eigenvalue weighted by molar-refractivity contribution is 6.38. The van der Waals surface area contributed by atoms with E-state index in [1.807, 2.05) is 11.0 Å². The van der Waals surface area contributed by atoms with Crippen molar-refractivity contribution in [3.8, 4) is 0 Å². The topological polar surface area (TPSA) is 74.8 Å². The van der Waals surface area contributed by atoms with Gasteiger partial charge >= 0.3 is 0 Å². The Labute approximate surface area is 222 Å². The summed E-state index contributed by atoms with van der Waals surface area (Å²) >= 11 is 0. The first-order valence-electron chi connectivity index (χ1n) is 15.3. The van der Waals surface area contributed by atoms with E-state index in [9.17, 15) is 19.2 Å². The first-order valence-corrected chi connectivity index (χ1v) is 15.3. The first-order chi connectivity index (χ1) is 18.0. The lowest BCUT2D eigenvalue weighted by molar-refractivity contribution is -0.145. The second-order valence-electron chi connectivity index (χ2n) is 12.6. The van der Waals surface area contributed by atoms with E-state index in [0.29, 0.717) is 31.2 Å². The van der Waals surface area contributed by atoms with E-state index in [1.54, 1.807) is 0 Å². The molecule has 5 atom stereocenters. The Morgan fingerprint density at radius 1 is 0.838 bits per heavy atom. The predicted octanol–water partition coefficient (Wildman–Crippen LogP) is 4.89. The van der Waals surface area contributed by atoms with Crippen LogP contribution in [0.1, 0.15) is 103 Å². The number of fused-ring (bicyclic) bond motifs is 3. The van der Waals surface area contributed by atoms with Crippen molar-refractivity contribution in [2.24, 2.45) is 23.7 Å². The molecule has 0 N–H and O–H groups in total. The van der Waals surface area contributed by atoms with Crippen LogP contribution in [0.4, 0.5) is 0 Å². The number of piperidine rings is 1. The van der Waals surface area contributed by atoms with Crippen LogP contribution in [0, 0.1) is 23.7 Å². The van der Waals surface area contributed by atoms with Crippen molar-refractivity contribution in [2.45, 2.75) is 115 Å². The molecular weight excluding hydrogens is 464 g/mol. The van der Waals surface area contributed by atoms with E-state index >= 15 is 0 Å². The molecule has 0 aromatic carbocycles. The molecule has 5 rings (SSSR count). The number of amides is 1. The van der Waals surface area contributed by atoms with Gasteiger partial charge in [0.1, 0.15) is 0 Å². The Balaban J connectivity index is 1.39. The van der Waals surface area contributed by atoms with E-state index in [0.717, 1.165) is 90.1 Å². The summed E-state index contributed by atoms with van der Waals surface area (Å²) in [7, 11) is 0. The molecule has 3 aliphatic heterocycles. The maximum Gasteiger partial charge on any atom is 0.240 e. The van der Waals surface area contributed by atoms with Crippen molar-refractivity contribution < 1.29 is 19.2 Å². The monoisotopic (exact) mass is 510 g/mol. The molecular formula is C31H46N2O4. The number of hydrogen-bond donors (Lipinski definition) is 0. The Morgan fingerprint density at radius 3 is 2.41 bits per heavy atom. The fourth-order valence-electron chi connectivity index (χ4n) is 7.54. The van der Waals surface area contributed by atoms with Crippen LogP contribution in [0.3, 0.4) is 0 Å². The zero-order chi connectivity index (χ0) is 25.8. The number of nitrogens with zero attached hydrogens (tertiary/aromatic N) is 2. The van der Waals surface area contributed by atoms with Crippen LogP contribution in [-0.2, 0) is 19.2 Å². The molecule has 6 heteroatoms. The van der Waals surface area contributed by atoms with Crippen LogP contribution in [0.25, 0.3) is 0 Å². The normalized spacial score (nSPS) is 35.4. The molecule has 6 nitrogen and oxygen atoms in total. The molecule has 0 radical (unpaired) electrons. The third-order valence-electron chi connectivity index (χ3n) is 9.82. The van der Waals surface area contributed by atoms with Crippen molar-refractivity contribution in [1.29, 1.82) is 0 Å². The molecule has 1 unspecified atom stereocenters. The highest BCUT2D eigenvalue weighted by Gasteiger charge is 2.51. The second kappa shape index (κ2) is 12.4. The summed E-state index contributed by atoms with van der Waals surface area (Å²) < 4.78 is 0. The minimum absolute atomic E-state index is 0.0148. The zero-order valence-electron chi connectivity index (χ0n) is 22.6. The van der Waals surface area contributed by atoms with Crippen molar-refractivity contribution in [3.05, 3.63) is 12.2 Å².